The van der Waals surface area contributed by atoms with E-state index in [-0.39, 0.29) is 17.6 Å². The molecule has 0 spiro atoms. The highest BCUT2D eigenvalue weighted by Crippen LogP contribution is 2.21. The largest absolute Gasteiger partial charge is 0.346 e. The number of pyridine rings is 1. The monoisotopic (exact) mass is 407 g/mol. The molecule has 6 nitrogen and oxygen atoms in total. The molecule has 7 heteroatoms. The van der Waals surface area contributed by atoms with Gasteiger partial charge in [0.25, 0.3) is 11.8 Å². The van der Waals surface area contributed by atoms with E-state index >= 15 is 0 Å². The van der Waals surface area contributed by atoms with Crippen molar-refractivity contribution < 1.29 is 14.4 Å². The number of carbonyl (C=O) groups is 3. The van der Waals surface area contributed by atoms with Crippen molar-refractivity contribution in [3.05, 3.63) is 80.8 Å². The summed E-state index contributed by atoms with van der Waals surface area (Å²) < 4.78 is 0. The molecular weight excluding hydrogens is 386 g/mol. The SMILES string of the molecule is CC(=O)c1ccc(C(=O)Nc2cc(C(=O)NCc3cc(C)ccn3)ccc2C)s1. The van der Waals surface area contributed by atoms with Crippen LogP contribution in [0.2, 0.25) is 0 Å². The van der Waals surface area contributed by atoms with E-state index in [0.29, 0.717) is 27.5 Å². The Hall–Kier alpha value is -3.32. The number of nitrogens with one attached hydrogen (secondary N) is 2. The molecule has 0 fully saturated rings. The van der Waals surface area contributed by atoms with Crippen LogP contribution in [0.4, 0.5) is 5.69 Å². The summed E-state index contributed by atoms with van der Waals surface area (Å²) >= 11 is 1.14. The van der Waals surface area contributed by atoms with Crippen LogP contribution >= 0.6 is 11.3 Å². The minimum atomic E-state index is -0.313. The molecule has 2 heterocycles. The molecule has 0 aliphatic carbocycles. The topological polar surface area (TPSA) is 88.2 Å². The summed E-state index contributed by atoms with van der Waals surface area (Å²) in [6.07, 6.45) is 1.71. The number of thiophene rings is 1. The van der Waals surface area contributed by atoms with Crippen LogP contribution in [0, 0.1) is 13.8 Å². The second-order valence-corrected chi connectivity index (χ2v) is 7.79. The van der Waals surface area contributed by atoms with E-state index in [9.17, 15) is 14.4 Å². The molecular formula is C22H21N3O3S. The highest BCUT2D eigenvalue weighted by atomic mass is 32.1. The highest BCUT2D eigenvalue weighted by molar-refractivity contribution is 7.16. The first-order chi connectivity index (χ1) is 13.8. The molecule has 0 saturated carbocycles. The lowest BCUT2D eigenvalue weighted by atomic mass is 10.1. The second-order valence-electron chi connectivity index (χ2n) is 6.71. The smallest absolute Gasteiger partial charge is 0.265 e. The van der Waals surface area contributed by atoms with E-state index in [1.54, 1.807) is 36.5 Å². The van der Waals surface area contributed by atoms with Crippen LogP contribution in [-0.4, -0.2) is 22.6 Å². The molecule has 2 N–H and O–H groups in total. The third-order valence-electron chi connectivity index (χ3n) is 4.33. The molecule has 2 amide bonds. The average molecular weight is 407 g/mol. The normalized spacial score (nSPS) is 10.4. The van der Waals surface area contributed by atoms with Gasteiger partial charge in [0.15, 0.2) is 5.78 Å². The Labute approximate surface area is 173 Å². The van der Waals surface area contributed by atoms with Crippen LogP contribution in [-0.2, 0) is 6.54 Å². The van der Waals surface area contributed by atoms with Crippen molar-refractivity contribution in [3.8, 4) is 0 Å². The van der Waals surface area contributed by atoms with Gasteiger partial charge >= 0.3 is 0 Å². The zero-order valence-electron chi connectivity index (χ0n) is 16.4. The van der Waals surface area contributed by atoms with Gasteiger partial charge in [-0.15, -0.1) is 11.3 Å². The summed E-state index contributed by atoms with van der Waals surface area (Å²) in [5.41, 5.74) is 3.67. The van der Waals surface area contributed by atoms with Crippen LogP contribution in [0.5, 0.6) is 0 Å². The van der Waals surface area contributed by atoms with Gasteiger partial charge in [-0.3, -0.25) is 19.4 Å². The fraction of sp³-hybridized carbons (Fsp3) is 0.182. The molecule has 0 saturated heterocycles. The Morgan fingerprint density at radius 1 is 0.966 bits per heavy atom. The molecule has 3 rings (SSSR count). The Balaban J connectivity index is 1.70. The van der Waals surface area contributed by atoms with Gasteiger partial charge in [-0.1, -0.05) is 6.07 Å². The predicted octanol–water partition coefficient (Wildman–Crippen LogP) is 4.14. The summed E-state index contributed by atoms with van der Waals surface area (Å²) in [4.78, 5) is 41.6. The molecule has 0 unspecified atom stereocenters. The van der Waals surface area contributed by atoms with Gasteiger partial charge < -0.3 is 10.6 Å². The molecule has 29 heavy (non-hydrogen) atoms. The van der Waals surface area contributed by atoms with Gasteiger partial charge in [0.05, 0.1) is 22.0 Å². The van der Waals surface area contributed by atoms with Crippen molar-refractivity contribution in [2.24, 2.45) is 0 Å². The fourth-order valence-electron chi connectivity index (χ4n) is 2.70. The number of hydrogen-bond donors (Lipinski definition) is 2. The standard InChI is InChI=1S/C22H21N3O3S/c1-13-8-9-23-17(10-13)12-24-21(27)16-5-4-14(2)18(11-16)25-22(28)20-7-6-19(29-20)15(3)26/h4-11H,12H2,1-3H3,(H,24,27)(H,25,28). The van der Waals surface area contributed by atoms with Crippen LogP contribution in [0.1, 0.15) is 53.4 Å². The molecule has 3 aromatic rings. The number of ketones is 1. The maximum absolute atomic E-state index is 12.5. The minimum absolute atomic E-state index is 0.0769. The van der Waals surface area contributed by atoms with Crippen molar-refractivity contribution in [2.75, 3.05) is 5.32 Å². The number of aromatic nitrogens is 1. The number of anilines is 1. The maximum atomic E-state index is 12.5. The van der Waals surface area contributed by atoms with E-state index in [4.69, 9.17) is 0 Å². The molecule has 0 atom stereocenters. The van der Waals surface area contributed by atoms with Crippen molar-refractivity contribution in [1.82, 2.24) is 10.3 Å². The summed E-state index contributed by atoms with van der Waals surface area (Å²) in [6.45, 7) is 5.60. The molecule has 2 aromatic heterocycles. The van der Waals surface area contributed by atoms with E-state index < -0.39 is 0 Å². The third kappa shape index (κ3) is 5.14. The fourth-order valence-corrected chi connectivity index (χ4v) is 3.50. The zero-order chi connectivity index (χ0) is 21.0. The summed E-state index contributed by atoms with van der Waals surface area (Å²) in [7, 11) is 0. The highest BCUT2D eigenvalue weighted by Gasteiger charge is 2.14. The molecule has 0 aliphatic rings. The number of benzene rings is 1. The van der Waals surface area contributed by atoms with Gasteiger partial charge in [0.2, 0.25) is 0 Å². The van der Waals surface area contributed by atoms with E-state index in [2.05, 4.69) is 15.6 Å². The van der Waals surface area contributed by atoms with Crippen LogP contribution < -0.4 is 10.6 Å². The van der Waals surface area contributed by atoms with Crippen molar-refractivity contribution in [1.29, 1.82) is 0 Å². The lowest BCUT2D eigenvalue weighted by molar-refractivity contribution is 0.0948. The quantitative estimate of drug-likeness (QED) is 0.601. The Morgan fingerprint density at radius 3 is 2.41 bits per heavy atom. The van der Waals surface area contributed by atoms with Crippen LogP contribution in [0.25, 0.3) is 0 Å². The van der Waals surface area contributed by atoms with Crippen LogP contribution in [0.3, 0.4) is 0 Å². The lowest BCUT2D eigenvalue weighted by Crippen LogP contribution is -2.23. The van der Waals surface area contributed by atoms with Gasteiger partial charge in [-0.05, 0) is 68.3 Å². The van der Waals surface area contributed by atoms with Gasteiger partial charge in [-0.2, -0.15) is 0 Å². The number of aryl methyl sites for hydroxylation is 2. The first kappa shape index (κ1) is 20.4. The number of amides is 2. The van der Waals surface area contributed by atoms with Crippen molar-refractivity contribution in [3.63, 3.8) is 0 Å². The van der Waals surface area contributed by atoms with Crippen molar-refractivity contribution in [2.45, 2.75) is 27.3 Å². The second kappa shape index (κ2) is 8.79. The molecule has 0 radical (unpaired) electrons. The minimum Gasteiger partial charge on any atom is -0.346 e. The summed E-state index contributed by atoms with van der Waals surface area (Å²) in [5.74, 6) is -0.641. The number of rotatable bonds is 6. The number of Topliss-reactive ketones (excluding diaryl/α,β-unsaturated/α-hetero) is 1. The Kier molecular flexibility index (Phi) is 6.19. The molecule has 0 bridgehead atoms. The van der Waals surface area contributed by atoms with E-state index in [0.717, 1.165) is 28.2 Å². The number of carbonyl (C=O) groups excluding carboxylic acids is 3. The summed E-state index contributed by atoms with van der Waals surface area (Å²) in [6, 6.07) is 12.2. The molecule has 1 aromatic carbocycles. The first-order valence-electron chi connectivity index (χ1n) is 9.06. The number of hydrogen-bond acceptors (Lipinski definition) is 5. The zero-order valence-corrected chi connectivity index (χ0v) is 17.2. The summed E-state index contributed by atoms with van der Waals surface area (Å²) in [5, 5.41) is 5.66. The Bertz CT molecular complexity index is 1090. The number of nitrogens with zero attached hydrogens (tertiary/aromatic N) is 1. The van der Waals surface area contributed by atoms with Gasteiger partial charge in [0, 0.05) is 17.4 Å². The molecule has 0 aliphatic heterocycles. The first-order valence-corrected chi connectivity index (χ1v) is 9.87. The average Bonchev–Trinajstić information content (AvgIpc) is 3.18. The van der Waals surface area contributed by atoms with E-state index in [1.807, 2.05) is 26.0 Å². The third-order valence-corrected chi connectivity index (χ3v) is 5.51. The van der Waals surface area contributed by atoms with E-state index in [1.165, 1.54) is 6.92 Å². The van der Waals surface area contributed by atoms with Crippen molar-refractivity contribution >= 4 is 34.6 Å². The predicted molar refractivity (Wildman–Crippen MR) is 114 cm³/mol. The van der Waals surface area contributed by atoms with Crippen LogP contribution in [0.15, 0.2) is 48.7 Å². The Morgan fingerprint density at radius 2 is 1.72 bits per heavy atom. The van der Waals surface area contributed by atoms with Gasteiger partial charge in [0.1, 0.15) is 0 Å². The molecule has 148 valence electrons. The van der Waals surface area contributed by atoms with Gasteiger partial charge in [-0.25, -0.2) is 0 Å². The maximum Gasteiger partial charge on any atom is 0.265 e. The lowest BCUT2D eigenvalue weighted by Gasteiger charge is -2.11.